The average Bonchev–Trinajstić information content (AvgIpc) is 3.42. The summed E-state index contributed by atoms with van der Waals surface area (Å²) >= 11 is 0.769. The normalized spacial score (nSPS) is 14.8. The van der Waals surface area contributed by atoms with Crippen LogP contribution in [0.1, 0.15) is 57.4 Å². The zero-order valence-corrected chi connectivity index (χ0v) is 18.5. The van der Waals surface area contributed by atoms with Crippen molar-refractivity contribution in [2.45, 2.75) is 37.8 Å². The molecule has 1 aliphatic carbocycles. The monoisotopic (exact) mass is 463 g/mol. The SMILES string of the molecule is COCCNC(=O)[C@H](c1ccc(F)cc1)N(C(=O)c1snc(C(N)=O)c1N)C1CCCC1. The molecule has 1 fully saturated rings. The molecule has 0 radical (unpaired) electrons. The number of nitrogens with two attached hydrogens (primary N) is 2. The smallest absolute Gasteiger partial charge is 0.270 e. The quantitative estimate of drug-likeness (QED) is 0.485. The highest BCUT2D eigenvalue weighted by Crippen LogP contribution is 2.35. The summed E-state index contributed by atoms with van der Waals surface area (Å²) in [5, 5.41) is 2.78. The second-order valence-electron chi connectivity index (χ2n) is 7.53. The zero-order chi connectivity index (χ0) is 23.3. The van der Waals surface area contributed by atoms with Crippen LogP contribution in [0.3, 0.4) is 0 Å². The number of amides is 3. The van der Waals surface area contributed by atoms with Crippen LogP contribution in [-0.2, 0) is 9.53 Å². The van der Waals surface area contributed by atoms with E-state index in [9.17, 15) is 18.8 Å². The molecule has 1 saturated carbocycles. The van der Waals surface area contributed by atoms with E-state index in [0.717, 1.165) is 24.4 Å². The molecule has 5 N–H and O–H groups in total. The minimum atomic E-state index is -1.03. The van der Waals surface area contributed by atoms with Gasteiger partial charge in [0, 0.05) is 19.7 Å². The molecule has 0 saturated heterocycles. The van der Waals surface area contributed by atoms with Gasteiger partial charge in [-0.25, -0.2) is 4.39 Å². The van der Waals surface area contributed by atoms with E-state index in [4.69, 9.17) is 16.2 Å². The standard InChI is InChI=1S/C21H26FN5O4S/c1-31-11-10-25-20(29)17(12-6-8-13(22)9-7-12)27(14-4-2-3-5-14)21(30)18-15(23)16(19(24)28)26-32-18/h6-9,14,17H,2-5,10-11,23H2,1H3,(H2,24,28)(H,25,29)/t17-/m0/s1. The fourth-order valence-electron chi connectivity index (χ4n) is 3.88. The molecule has 3 amide bonds. The van der Waals surface area contributed by atoms with Crippen LogP contribution in [0.4, 0.5) is 10.1 Å². The number of hydrogen-bond donors (Lipinski definition) is 3. The Bertz CT molecular complexity index is 975. The Morgan fingerprint density at radius 1 is 1.28 bits per heavy atom. The molecule has 0 bridgehead atoms. The van der Waals surface area contributed by atoms with E-state index in [2.05, 4.69) is 9.69 Å². The molecular formula is C21H26FN5O4S. The number of carbonyl (C=O) groups is 3. The molecule has 1 aromatic carbocycles. The van der Waals surface area contributed by atoms with E-state index in [0.29, 0.717) is 25.0 Å². The van der Waals surface area contributed by atoms with E-state index >= 15 is 0 Å². The fraction of sp³-hybridized carbons (Fsp3) is 0.429. The molecular weight excluding hydrogens is 437 g/mol. The highest BCUT2D eigenvalue weighted by Gasteiger charge is 2.39. The molecule has 3 rings (SSSR count). The Kier molecular flexibility index (Phi) is 7.75. The van der Waals surface area contributed by atoms with Crippen molar-refractivity contribution < 1.29 is 23.5 Å². The summed E-state index contributed by atoms with van der Waals surface area (Å²) in [6.45, 7) is 0.539. The van der Waals surface area contributed by atoms with Gasteiger partial charge in [0.2, 0.25) is 5.91 Å². The molecule has 1 heterocycles. The number of nitrogens with one attached hydrogen (secondary N) is 1. The van der Waals surface area contributed by atoms with Gasteiger partial charge in [-0.05, 0) is 42.1 Å². The van der Waals surface area contributed by atoms with Gasteiger partial charge in [-0.2, -0.15) is 4.37 Å². The van der Waals surface area contributed by atoms with E-state index in [-0.39, 0.29) is 28.8 Å². The molecule has 32 heavy (non-hydrogen) atoms. The number of hydrogen-bond acceptors (Lipinski definition) is 7. The third kappa shape index (κ3) is 5.05. The van der Waals surface area contributed by atoms with Gasteiger partial charge in [-0.15, -0.1) is 0 Å². The molecule has 1 atom stereocenters. The largest absolute Gasteiger partial charge is 0.395 e. The van der Waals surface area contributed by atoms with Crippen LogP contribution in [0.25, 0.3) is 0 Å². The number of rotatable bonds is 9. The van der Waals surface area contributed by atoms with E-state index in [1.54, 1.807) is 0 Å². The molecule has 1 aromatic heterocycles. The molecule has 0 aliphatic heterocycles. The molecule has 1 aliphatic rings. The maximum atomic E-state index is 13.7. The van der Waals surface area contributed by atoms with Gasteiger partial charge >= 0.3 is 0 Å². The number of anilines is 1. The van der Waals surface area contributed by atoms with Crippen molar-refractivity contribution in [3.05, 3.63) is 46.2 Å². The first-order chi connectivity index (χ1) is 15.3. The Labute approximate surface area is 189 Å². The van der Waals surface area contributed by atoms with Crippen LogP contribution in [0.5, 0.6) is 0 Å². The van der Waals surface area contributed by atoms with Gasteiger partial charge in [0.05, 0.1) is 12.3 Å². The third-order valence-electron chi connectivity index (χ3n) is 5.43. The van der Waals surface area contributed by atoms with Gasteiger partial charge in [0.1, 0.15) is 16.7 Å². The van der Waals surface area contributed by atoms with E-state index in [1.807, 2.05) is 0 Å². The number of carbonyl (C=O) groups excluding carboxylic acids is 3. The maximum absolute atomic E-state index is 13.7. The lowest BCUT2D eigenvalue weighted by Gasteiger charge is -2.36. The highest BCUT2D eigenvalue weighted by atomic mass is 32.1. The van der Waals surface area contributed by atoms with Crippen molar-refractivity contribution >= 4 is 34.9 Å². The molecule has 11 heteroatoms. The van der Waals surface area contributed by atoms with Crippen LogP contribution >= 0.6 is 11.5 Å². The summed E-state index contributed by atoms with van der Waals surface area (Å²) in [6.07, 6.45) is 3.22. The number of methoxy groups -OCH3 is 1. The van der Waals surface area contributed by atoms with Gasteiger partial charge < -0.3 is 26.4 Å². The van der Waals surface area contributed by atoms with Gasteiger partial charge in [-0.1, -0.05) is 25.0 Å². The van der Waals surface area contributed by atoms with E-state index < -0.39 is 29.6 Å². The van der Waals surface area contributed by atoms with Crippen molar-refractivity contribution in [1.82, 2.24) is 14.6 Å². The fourth-order valence-corrected chi connectivity index (χ4v) is 4.63. The number of nitrogens with zero attached hydrogens (tertiary/aromatic N) is 2. The summed E-state index contributed by atoms with van der Waals surface area (Å²) in [6, 6.07) is 4.19. The Morgan fingerprint density at radius 3 is 2.50 bits per heavy atom. The lowest BCUT2D eigenvalue weighted by Crippen LogP contribution is -2.48. The summed E-state index contributed by atoms with van der Waals surface area (Å²) in [5.74, 6) is -2.23. The van der Waals surface area contributed by atoms with Crippen LogP contribution < -0.4 is 16.8 Å². The van der Waals surface area contributed by atoms with Crippen molar-refractivity contribution in [3.8, 4) is 0 Å². The summed E-state index contributed by atoms with van der Waals surface area (Å²) in [7, 11) is 1.51. The first-order valence-electron chi connectivity index (χ1n) is 10.2. The van der Waals surface area contributed by atoms with Crippen molar-refractivity contribution in [2.75, 3.05) is 26.0 Å². The predicted octanol–water partition coefficient (Wildman–Crippen LogP) is 1.85. The zero-order valence-electron chi connectivity index (χ0n) is 17.7. The molecule has 0 spiro atoms. The van der Waals surface area contributed by atoms with Crippen LogP contribution in [0, 0.1) is 5.82 Å². The summed E-state index contributed by atoms with van der Waals surface area (Å²) < 4.78 is 22.5. The van der Waals surface area contributed by atoms with Crippen molar-refractivity contribution in [3.63, 3.8) is 0 Å². The Morgan fingerprint density at radius 2 is 1.94 bits per heavy atom. The second kappa shape index (κ2) is 10.5. The predicted molar refractivity (Wildman–Crippen MR) is 117 cm³/mol. The minimum Gasteiger partial charge on any atom is -0.395 e. The second-order valence-corrected chi connectivity index (χ2v) is 8.30. The molecule has 2 aromatic rings. The third-order valence-corrected chi connectivity index (χ3v) is 6.28. The van der Waals surface area contributed by atoms with Gasteiger partial charge in [0.15, 0.2) is 5.69 Å². The van der Waals surface area contributed by atoms with E-state index in [1.165, 1.54) is 36.3 Å². The first kappa shape index (κ1) is 23.6. The van der Waals surface area contributed by atoms with Gasteiger partial charge in [0.25, 0.3) is 11.8 Å². The molecule has 172 valence electrons. The van der Waals surface area contributed by atoms with Crippen LogP contribution in [0.15, 0.2) is 24.3 Å². The van der Waals surface area contributed by atoms with Crippen molar-refractivity contribution in [2.24, 2.45) is 5.73 Å². The lowest BCUT2D eigenvalue weighted by atomic mass is 10.0. The lowest BCUT2D eigenvalue weighted by molar-refractivity contribution is -0.126. The average molecular weight is 464 g/mol. The number of halogens is 1. The summed E-state index contributed by atoms with van der Waals surface area (Å²) in [4.78, 5) is 40.1. The number of aromatic nitrogens is 1. The number of benzene rings is 1. The topological polar surface area (TPSA) is 141 Å². The number of ether oxygens (including phenoxy) is 1. The molecule has 9 nitrogen and oxygen atoms in total. The minimum absolute atomic E-state index is 0.0440. The Balaban J connectivity index is 2.05. The van der Waals surface area contributed by atoms with Gasteiger partial charge in [-0.3, -0.25) is 14.4 Å². The maximum Gasteiger partial charge on any atom is 0.270 e. The first-order valence-corrected chi connectivity index (χ1v) is 11.0. The summed E-state index contributed by atoms with van der Waals surface area (Å²) in [5.41, 5.74) is 11.5. The number of primary amides is 1. The highest BCUT2D eigenvalue weighted by molar-refractivity contribution is 7.09. The van der Waals surface area contributed by atoms with Crippen LogP contribution in [-0.4, -0.2) is 53.3 Å². The van der Waals surface area contributed by atoms with Crippen molar-refractivity contribution in [1.29, 1.82) is 0 Å². The molecule has 0 unspecified atom stereocenters. The number of nitrogen functional groups attached to an aromatic ring is 1. The Hall–Kier alpha value is -3.05. The van der Waals surface area contributed by atoms with Crippen LogP contribution in [0.2, 0.25) is 0 Å².